The van der Waals surface area contributed by atoms with Crippen molar-refractivity contribution in [2.75, 3.05) is 0 Å². The van der Waals surface area contributed by atoms with Gasteiger partial charge in [0.25, 0.3) is 11.5 Å². The van der Waals surface area contributed by atoms with Crippen molar-refractivity contribution in [1.82, 2.24) is 10.3 Å². The summed E-state index contributed by atoms with van der Waals surface area (Å²) in [5.41, 5.74) is 0.592. The predicted octanol–water partition coefficient (Wildman–Crippen LogP) is 3.47. The fourth-order valence-electron chi connectivity index (χ4n) is 2.42. The number of rotatable bonds is 4. The first kappa shape index (κ1) is 16.3. The van der Waals surface area contributed by atoms with Crippen molar-refractivity contribution in [1.29, 1.82) is 0 Å². The van der Waals surface area contributed by atoms with Crippen LogP contribution in [0.1, 0.15) is 50.9 Å². The average molecular weight is 300 g/mol. The van der Waals surface area contributed by atoms with Crippen LogP contribution in [0.25, 0.3) is 10.8 Å². The highest BCUT2D eigenvalue weighted by Gasteiger charge is 2.16. The Labute approximate surface area is 130 Å². The maximum atomic E-state index is 12.5. The summed E-state index contributed by atoms with van der Waals surface area (Å²) in [5, 5.41) is 4.25. The van der Waals surface area contributed by atoms with Crippen molar-refractivity contribution >= 4 is 16.7 Å². The van der Waals surface area contributed by atoms with Crippen LogP contribution in [0.2, 0.25) is 0 Å². The van der Waals surface area contributed by atoms with E-state index < -0.39 is 0 Å². The van der Waals surface area contributed by atoms with Crippen molar-refractivity contribution in [3.05, 3.63) is 46.4 Å². The van der Waals surface area contributed by atoms with E-state index in [1.807, 2.05) is 13.0 Å². The molecule has 0 fully saturated rings. The summed E-state index contributed by atoms with van der Waals surface area (Å²) < 4.78 is 0. The van der Waals surface area contributed by atoms with E-state index in [0.29, 0.717) is 16.3 Å². The number of carbonyl (C=O) groups is 1. The van der Waals surface area contributed by atoms with Gasteiger partial charge in [0.15, 0.2) is 0 Å². The van der Waals surface area contributed by atoms with E-state index in [4.69, 9.17) is 0 Å². The van der Waals surface area contributed by atoms with E-state index in [-0.39, 0.29) is 22.9 Å². The minimum Gasteiger partial charge on any atom is -0.350 e. The first-order valence-corrected chi connectivity index (χ1v) is 7.69. The molecule has 1 amide bonds. The summed E-state index contributed by atoms with van der Waals surface area (Å²) >= 11 is 0. The van der Waals surface area contributed by atoms with E-state index in [1.165, 1.54) is 6.20 Å². The maximum Gasteiger partial charge on any atom is 0.255 e. The molecule has 2 N–H and O–H groups in total. The third-order valence-electron chi connectivity index (χ3n) is 3.76. The summed E-state index contributed by atoms with van der Waals surface area (Å²) in [7, 11) is 0. The second-order valence-electron chi connectivity index (χ2n) is 7.05. The van der Waals surface area contributed by atoms with E-state index >= 15 is 0 Å². The molecular weight excluding hydrogens is 276 g/mol. The standard InChI is InChI=1S/C18H24N2O2/c1-12(9-10-18(2,3)4)20-17(22)15-11-19-16(21)14-8-6-5-7-13(14)15/h5-8,11-12H,9-10H2,1-4H3,(H,19,21)(H,20,22)/t12-/m0/s1. The molecule has 0 bridgehead atoms. The van der Waals surface area contributed by atoms with Crippen LogP contribution >= 0.6 is 0 Å². The van der Waals surface area contributed by atoms with Crippen LogP contribution in [0.15, 0.2) is 35.3 Å². The number of hydrogen-bond donors (Lipinski definition) is 2. The Bertz CT molecular complexity index is 726. The van der Waals surface area contributed by atoms with E-state index in [0.717, 1.165) is 12.8 Å². The van der Waals surface area contributed by atoms with Crippen LogP contribution in [-0.2, 0) is 0 Å². The molecule has 0 saturated heterocycles. The molecule has 118 valence electrons. The minimum absolute atomic E-state index is 0.0948. The number of nitrogens with one attached hydrogen (secondary N) is 2. The molecule has 4 heteroatoms. The third-order valence-corrected chi connectivity index (χ3v) is 3.76. The van der Waals surface area contributed by atoms with Crippen molar-refractivity contribution < 1.29 is 4.79 Å². The quantitative estimate of drug-likeness (QED) is 0.908. The van der Waals surface area contributed by atoms with Crippen LogP contribution in [-0.4, -0.2) is 16.9 Å². The Morgan fingerprint density at radius 1 is 1.23 bits per heavy atom. The highest BCUT2D eigenvalue weighted by Crippen LogP contribution is 2.21. The van der Waals surface area contributed by atoms with E-state index in [9.17, 15) is 9.59 Å². The number of fused-ring (bicyclic) bond motifs is 1. The van der Waals surface area contributed by atoms with Gasteiger partial charge in [-0.2, -0.15) is 0 Å². The van der Waals surface area contributed by atoms with Crippen molar-refractivity contribution in [3.8, 4) is 0 Å². The minimum atomic E-state index is -0.173. The first-order valence-electron chi connectivity index (χ1n) is 7.69. The average Bonchev–Trinajstić information content (AvgIpc) is 2.45. The lowest BCUT2D eigenvalue weighted by atomic mass is 9.89. The number of hydrogen-bond acceptors (Lipinski definition) is 2. The summed E-state index contributed by atoms with van der Waals surface area (Å²) in [6.45, 7) is 8.59. The summed E-state index contributed by atoms with van der Waals surface area (Å²) in [6.07, 6.45) is 3.47. The van der Waals surface area contributed by atoms with Crippen LogP contribution < -0.4 is 10.9 Å². The molecular formula is C18H24N2O2. The smallest absolute Gasteiger partial charge is 0.255 e. The molecule has 1 heterocycles. The number of carbonyl (C=O) groups excluding carboxylic acids is 1. The molecule has 0 radical (unpaired) electrons. The zero-order valence-electron chi connectivity index (χ0n) is 13.7. The number of amides is 1. The molecule has 0 spiro atoms. The third kappa shape index (κ3) is 3.97. The molecule has 0 aliphatic carbocycles. The Balaban J connectivity index is 2.17. The van der Waals surface area contributed by atoms with E-state index in [1.54, 1.807) is 18.2 Å². The van der Waals surface area contributed by atoms with Crippen LogP contribution in [0.4, 0.5) is 0 Å². The fourth-order valence-corrected chi connectivity index (χ4v) is 2.42. The topological polar surface area (TPSA) is 62.0 Å². The van der Waals surface area contributed by atoms with Gasteiger partial charge in [-0.15, -0.1) is 0 Å². The lowest BCUT2D eigenvalue weighted by molar-refractivity contribution is 0.0937. The zero-order chi connectivity index (χ0) is 16.3. The van der Waals surface area contributed by atoms with Crippen LogP contribution in [0.3, 0.4) is 0 Å². The molecule has 1 atom stereocenters. The molecule has 0 unspecified atom stereocenters. The molecule has 2 rings (SSSR count). The van der Waals surface area contributed by atoms with Gasteiger partial charge >= 0.3 is 0 Å². The van der Waals surface area contributed by atoms with Gasteiger partial charge in [-0.3, -0.25) is 9.59 Å². The normalized spacial score (nSPS) is 13.1. The second kappa shape index (κ2) is 6.34. The highest BCUT2D eigenvalue weighted by molar-refractivity contribution is 6.06. The zero-order valence-corrected chi connectivity index (χ0v) is 13.7. The summed E-state index contributed by atoms with van der Waals surface area (Å²) in [4.78, 5) is 26.9. The van der Waals surface area contributed by atoms with Crippen molar-refractivity contribution in [2.45, 2.75) is 46.6 Å². The molecule has 4 nitrogen and oxygen atoms in total. The lowest BCUT2D eigenvalue weighted by Crippen LogP contribution is -2.33. The molecule has 0 saturated carbocycles. The Kier molecular flexibility index (Phi) is 4.69. The van der Waals surface area contributed by atoms with Gasteiger partial charge in [0, 0.05) is 23.0 Å². The largest absolute Gasteiger partial charge is 0.350 e. The lowest BCUT2D eigenvalue weighted by Gasteiger charge is -2.21. The Morgan fingerprint density at radius 3 is 2.50 bits per heavy atom. The SMILES string of the molecule is C[C@@H](CCC(C)(C)C)NC(=O)c1c[nH]c(=O)c2ccccc12. The Morgan fingerprint density at radius 2 is 1.86 bits per heavy atom. The predicted molar refractivity (Wildman–Crippen MR) is 90.2 cm³/mol. The molecule has 1 aromatic heterocycles. The van der Waals surface area contributed by atoms with E-state index in [2.05, 4.69) is 31.1 Å². The fraction of sp³-hybridized carbons (Fsp3) is 0.444. The number of aromatic amines is 1. The highest BCUT2D eigenvalue weighted by atomic mass is 16.2. The number of pyridine rings is 1. The van der Waals surface area contributed by atoms with Gasteiger partial charge in [0.2, 0.25) is 0 Å². The first-order chi connectivity index (χ1) is 10.3. The summed E-state index contributed by atoms with van der Waals surface area (Å²) in [5.74, 6) is -0.145. The van der Waals surface area contributed by atoms with Gasteiger partial charge in [0.05, 0.1) is 5.56 Å². The van der Waals surface area contributed by atoms with Gasteiger partial charge in [0.1, 0.15) is 0 Å². The second-order valence-corrected chi connectivity index (χ2v) is 7.05. The molecule has 22 heavy (non-hydrogen) atoms. The number of H-pyrrole nitrogens is 1. The van der Waals surface area contributed by atoms with Gasteiger partial charge in [-0.1, -0.05) is 39.0 Å². The van der Waals surface area contributed by atoms with Crippen molar-refractivity contribution in [2.24, 2.45) is 5.41 Å². The monoisotopic (exact) mass is 300 g/mol. The van der Waals surface area contributed by atoms with Gasteiger partial charge < -0.3 is 10.3 Å². The molecule has 2 aromatic rings. The maximum absolute atomic E-state index is 12.5. The number of benzene rings is 1. The molecule has 1 aromatic carbocycles. The van der Waals surface area contributed by atoms with Crippen molar-refractivity contribution in [3.63, 3.8) is 0 Å². The Hall–Kier alpha value is -2.10. The van der Waals surface area contributed by atoms with Crippen LogP contribution in [0.5, 0.6) is 0 Å². The molecule has 0 aliphatic heterocycles. The van der Waals surface area contributed by atoms with Gasteiger partial charge in [-0.05, 0) is 31.2 Å². The summed E-state index contributed by atoms with van der Waals surface area (Å²) in [6, 6.07) is 7.26. The number of aromatic nitrogens is 1. The van der Waals surface area contributed by atoms with Gasteiger partial charge in [-0.25, -0.2) is 0 Å². The molecule has 0 aliphatic rings. The van der Waals surface area contributed by atoms with Crippen LogP contribution in [0, 0.1) is 5.41 Å².